The van der Waals surface area contributed by atoms with Crippen LogP contribution in [0.3, 0.4) is 0 Å². The van der Waals surface area contributed by atoms with Crippen molar-refractivity contribution < 1.29 is 18.0 Å². The number of nitrogens with zero attached hydrogens (tertiary/aromatic N) is 3. The summed E-state index contributed by atoms with van der Waals surface area (Å²) in [6, 6.07) is 9.35. The summed E-state index contributed by atoms with van der Waals surface area (Å²) in [4.78, 5) is 16.0. The third kappa shape index (κ3) is 4.53. The lowest BCUT2D eigenvalue weighted by Crippen LogP contribution is -2.19. The van der Waals surface area contributed by atoms with E-state index in [1.54, 1.807) is 22.9 Å². The van der Waals surface area contributed by atoms with Crippen LogP contribution in [0.2, 0.25) is 0 Å². The average molecular weight is 418 g/mol. The Bertz CT molecular complexity index is 1060. The number of para-hydroxylation sites is 1. The SMILES string of the molecule is CCn1nc(C)cc1Nc1cc(Nc2ccccc2C(=O)NC)c(C(F)(F)F)cn1. The Hall–Kier alpha value is -3.56. The third-order valence-corrected chi connectivity index (χ3v) is 4.34. The molecular weight excluding hydrogens is 397 g/mol. The first-order valence-electron chi connectivity index (χ1n) is 9.19. The first-order chi connectivity index (χ1) is 14.2. The van der Waals surface area contributed by atoms with Crippen molar-refractivity contribution in [1.82, 2.24) is 20.1 Å². The van der Waals surface area contributed by atoms with Crippen LogP contribution < -0.4 is 16.0 Å². The number of halogens is 3. The molecule has 0 aliphatic rings. The predicted molar refractivity (Wildman–Crippen MR) is 108 cm³/mol. The molecule has 3 rings (SSSR count). The molecule has 3 N–H and O–H groups in total. The molecule has 2 heterocycles. The zero-order valence-corrected chi connectivity index (χ0v) is 16.6. The van der Waals surface area contributed by atoms with E-state index in [9.17, 15) is 18.0 Å². The van der Waals surface area contributed by atoms with Crippen LogP contribution in [0.1, 0.15) is 28.5 Å². The molecular formula is C20H21F3N6O. The van der Waals surface area contributed by atoms with Gasteiger partial charge in [0.15, 0.2) is 0 Å². The number of amides is 1. The van der Waals surface area contributed by atoms with Crippen LogP contribution in [0.4, 0.5) is 36.2 Å². The quantitative estimate of drug-likeness (QED) is 0.550. The molecule has 30 heavy (non-hydrogen) atoms. The number of carbonyl (C=O) groups excluding carboxylic acids is 1. The van der Waals surface area contributed by atoms with Gasteiger partial charge in [-0.15, -0.1) is 0 Å². The van der Waals surface area contributed by atoms with Crippen molar-refractivity contribution in [2.75, 3.05) is 17.7 Å². The fourth-order valence-corrected chi connectivity index (χ4v) is 2.94. The number of rotatable bonds is 6. The smallest absolute Gasteiger partial charge is 0.355 e. The highest BCUT2D eigenvalue weighted by molar-refractivity contribution is 6.00. The lowest BCUT2D eigenvalue weighted by molar-refractivity contribution is -0.137. The maximum absolute atomic E-state index is 13.6. The topological polar surface area (TPSA) is 83.9 Å². The molecule has 1 amide bonds. The lowest BCUT2D eigenvalue weighted by atomic mass is 10.1. The molecule has 1 aromatic carbocycles. The van der Waals surface area contributed by atoms with Crippen molar-refractivity contribution in [3.05, 3.63) is 59.4 Å². The number of aryl methyl sites for hydroxylation is 2. The summed E-state index contributed by atoms with van der Waals surface area (Å²) < 4.78 is 42.4. The second kappa shape index (κ2) is 8.44. The normalized spacial score (nSPS) is 11.3. The van der Waals surface area contributed by atoms with Gasteiger partial charge in [0.2, 0.25) is 0 Å². The molecule has 7 nitrogen and oxygen atoms in total. The van der Waals surface area contributed by atoms with Crippen LogP contribution in [-0.4, -0.2) is 27.7 Å². The average Bonchev–Trinajstić information content (AvgIpc) is 3.06. The number of anilines is 4. The summed E-state index contributed by atoms with van der Waals surface area (Å²) in [5.74, 6) is 0.401. The summed E-state index contributed by atoms with van der Waals surface area (Å²) in [6.07, 6.45) is -3.87. The van der Waals surface area contributed by atoms with Crippen LogP contribution in [0, 0.1) is 6.92 Å². The second-order valence-corrected chi connectivity index (χ2v) is 6.47. The van der Waals surface area contributed by atoms with Crippen LogP contribution in [0.15, 0.2) is 42.6 Å². The largest absolute Gasteiger partial charge is 0.419 e. The molecule has 0 unspecified atom stereocenters. The van der Waals surface area contributed by atoms with Crippen molar-refractivity contribution in [2.45, 2.75) is 26.6 Å². The second-order valence-electron chi connectivity index (χ2n) is 6.47. The van der Waals surface area contributed by atoms with Gasteiger partial charge in [0, 0.05) is 31.9 Å². The highest BCUT2D eigenvalue weighted by Gasteiger charge is 2.34. The highest BCUT2D eigenvalue weighted by atomic mass is 19.4. The monoisotopic (exact) mass is 418 g/mol. The molecule has 0 spiro atoms. The minimum absolute atomic E-state index is 0.206. The van der Waals surface area contributed by atoms with Crippen molar-refractivity contribution >= 4 is 28.9 Å². The summed E-state index contributed by atoms with van der Waals surface area (Å²) in [6.45, 7) is 4.31. The Balaban J connectivity index is 2.02. The molecule has 0 saturated carbocycles. The molecule has 0 fully saturated rings. The molecule has 0 saturated heterocycles. The Morgan fingerprint density at radius 3 is 2.53 bits per heavy atom. The molecule has 2 aromatic heterocycles. The summed E-state index contributed by atoms with van der Waals surface area (Å²) in [7, 11) is 1.45. The Morgan fingerprint density at radius 1 is 1.13 bits per heavy atom. The van der Waals surface area contributed by atoms with Crippen LogP contribution in [-0.2, 0) is 12.7 Å². The van der Waals surface area contributed by atoms with E-state index in [1.165, 1.54) is 25.2 Å². The predicted octanol–water partition coefficient (Wildman–Crippen LogP) is 4.47. The molecule has 0 atom stereocenters. The van der Waals surface area contributed by atoms with Crippen LogP contribution in [0.25, 0.3) is 0 Å². The number of alkyl halides is 3. The zero-order chi connectivity index (χ0) is 21.9. The highest BCUT2D eigenvalue weighted by Crippen LogP contribution is 2.37. The van der Waals surface area contributed by atoms with E-state index in [2.05, 4.69) is 26.0 Å². The summed E-state index contributed by atoms with van der Waals surface area (Å²) >= 11 is 0. The Morgan fingerprint density at radius 2 is 1.87 bits per heavy atom. The maximum atomic E-state index is 13.6. The fraction of sp³-hybridized carbons (Fsp3) is 0.250. The zero-order valence-electron chi connectivity index (χ0n) is 16.6. The van der Waals surface area contributed by atoms with Crippen molar-refractivity contribution in [3.63, 3.8) is 0 Å². The van der Waals surface area contributed by atoms with E-state index < -0.39 is 17.6 Å². The molecule has 0 bridgehead atoms. The minimum Gasteiger partial charge on any atom is -0.355 e. The van der Waals surface area contributed by atoms with E-state index in [0.29, 0.717) is 12.4 Å². The van der Waals surface area contributed by atoms with Gasteiger partial charge in [0.25, 0.3) is 5.91 Å². The summed E-state index contributed by atoms with van der Waals surface area (Å²) in [5.41, 5.74) is 0.0627. The van der Waals surface area contributed by atoms with Gasteiger partial charge >= 0.3 is 6.18 Å². The van der Waals surface area contributed by atoms with E-state index in [0.717, 1.165) is 11.9 Å². The molecule has 3 aromatic rings. The van der Waals surface area contributed by atoms with Crippen molar-refractivity contribution in [2.24, 2.45) is 0 Å². The van der Waals surface area contributed by atoms with E-state index >= 15 is 0 Å². The van der Waals surface area contributed by atoms with Crippen LogP contribution in [0.5, 0.6) is 0 Å². The Labute approximate surface area is 171 Å². The van der Waals surface area contributed by atoms with Crippen LogP contribution >= 0.6 is 0 Å². The molecule has 158 valence electrons. The number of hydrogen-bond acceptors (Lipinski definition) is 5. The van der Waals surface area contributed by atoms with Gasteiger partial charge in [0.05, 0.1) is 28.2 Å². The summed E-state index contributed by atoms with van der Waals surface area (Å²) in [5, 5.41) is 12.5. The first-order valence-corrected chi connectivity index (χ1v) is 9.19. The Kier molecular flexibility index (Phi) is 5.95. The fourth-order valence-electron chi connectivity index (χ4n) is 2.94. The van der Waals surface area contributed by atoms with E-state index in [4.69, 9.17) is 0 Å². The van der Waals surface area contributed by atoms with Gasteiger partial charge in [0.1, 0.15) is 11.6 Å². The van der Waals surface area contributed by atoms with Gasteiger partial charge < -0.3 is 16.0 Å². The number of aromatic nitrogens is 3. The van der Waals surface area contributed by atoms with Crippen molar-refractivity contribution in [3.8, 4) is 0 Å². The van der Waals surface area contributed by atoms with E-state index in [1.807, 2.05) is 13.8 Å². The molecule has 0 aliphatic carbocycles. The van der Waals surface area contributed by atoms with Gasteiger partial charge in [-0.3, -0.25) is 4.79 Å². The standard InChI is InChI=1S/C20H21F3N6O/c1-4-29-18(9-12(2)28-29)27-17-10-16(14(11-25-17)20(21,22)23)26-15-8-6-5-7-13(15)19(30)24-3/h5-11H,4H2,1-3H3,(H,24,30)(H2,25,26,27). The minimum atomic E-state index is -4.63. The van der Waals surface area contributed by atoms with Gasteiger partial charge in [-0.05, 0) is 26.0 Å². The number of benzene rings is 1. The molecule has 0 radical (unpaired) electrons. The van der Waals surface area contributed by atoms with Gasteiger partial charge in [-0.1, -0.05) is 12.1 Å². The number of nitrogens with one attached hydrogen (secondary N) is 3. The van der Waals surface area contributed by atoms with Gasteiger partial charge in [-0.2, -0.15) is 18.3 Å². The number of carbonyl (C=O) groups is 1. The lowest BCUT2D eigenvalue weighted by Gasteiger charge is -2.17. The molecule has 10 heteroatoms. The van der Waals surface area contributed by atoms with Crippen molar-refractivity contribution in [1.29, 1.82) is 0 Å². The van der Waals surface area contributed by atoms with E-state index in [-0.39, 0.29) is 22.8 Å². The first kappa shape index (κ1) is 21.2. The maximum Gasteiger partial charge on any atom is 0.419 e. The third-order valence-electron chi connectivity index (χ3n) is 4.34. The number of hydrogen-bond donors (Lipinski definition) is 3. The number of pyridine rings is 1. The molecule has 0 aliphatic heterocycles. The van der Waals surface area contributed by atoms with Gasteiger partial charge in [-0.25, -0.2) is 9.67 Å².